The molecule has 0 atom stereocenters. The van der Waals surface area contributed by atoms with Gasteiger partial charge in [0.15, 0.2) is 0 Å². The van der Waals surface area contributed by atoms with Crippen LogP contribution in [-0.4, -0.2) is 41.6 Å². The van der Waals surface area contributed by atoms with Crippen LogP contribution in [0.3, 0.4) is 0 Å². The molecule has 2 amide bonds. The topological polar surface area (TPSA) is 82.9 Å². The first kappa shape index (κ1) is 20.5. The van der Waals surface area contributed by atoms with E-state index < -0.39 is 11.7 Å². The van der Waals surface area contributed by atoms with Gasteiger partial charge in [0.1, 0.15) is 11.4 Å². The van der Waals surface area contributed by atoms with Gasteiger partial charge >= 0.3 is 6.09 Å². The van der Waals surface area contributed by atoms with Crippen LogP contribution in [0.4, 0.5) is 4.79 Å². The van der Waals surface area contributed by atoms with E-state index in [1.54, 1.807) is 30.1 Å². The third-order valence-electron chi connectivity index (χ3n) is 5.82. The highest BCUT2D eigenvalue weighted by Gasteiger charge is 2.45. The number of amides is 2. The largest absolute Gasteiger partial charge is 0.481 e. The summed E-state index contributed by atoms with van der Waals surface area (Å²) in [6, 6.07) is 13.1. The third-order valence-corrected chi connectivity index (χ3v) is 5.82. The number of nitrogens with zero attached hydrogens (tertiary/aromatic N) is 3. The molecule has 0 saturated heterocycles. The molecule has 0 saturated carbocycles. The van der Waals surface area contributed by atoms with Crippen molar-refractivity contribution in [2.75, 3.05) is 14.2 Å². The molecule has 0 radical (unpaired) electrons. The van der Waals surface area contributed by atoms with Gasteiger partial charge in [-0.1, -0.05) is 18.2 Å². The van der Waals surface area contributed by atoms with Crippen LogP contribution in [0.2, 0.25) is 0 Å². The Morgan fingerprint density at radius 1 is 1.26 bits per heavy atom. The summed E-state index contributed by atoms with van der Waals surface area (Å²) in [6.07, 6.45) is -0.578. The van der Waals surface area contributed by atoms with Crippen molar-refractivity contribution in [3.63, 3.8) is 0 Å². The number of methoxy groups -OCH3 is 1. The van der Waals surface area contributed by atoms with E-state index in [-0.39, 0.29) is 5.91 Å². The van der Waals surface area contributed by atoms with E-state index in [1.165, 1.54) is 12.0 Å². The summed E-state index contributed by atoms with van der Waals surface area (Å²) in [5, 5.41) is 9.60. The summed E-state index contributed by atoms with van der Waals surface area (Å²) >= 11 is 0. The van der Waals surface area contributed by atoms with Gasteiger partial charge in [0.2, 0.25) is 0 Å². The van der Waals surface area contributed by atoms with Gasteiger partial charge in [-0.2, -0.15) is 5.26 Å². The highest BCUT2D eigenvalue weighted by molar-refractivity contribution is 6.04. The van der Waals surface area contributed by atoms with Crippen molar-refractivity contribution in [3.8, 4) is 11.8 Å². The van der Waals surface area contributed by atoms with Crippen LogP contribution in [0.15, 0.2) is 42.1 Å². The zero-order valence-corrected chi connectivity index (χ0v) is 18.1. The van der Waals surface area contributed by atoms with Crippen LogP contribution >= 0.6 is 0 Å². The van der Waals surface area contributed by atoms with Gasteiger partial charge in [0.25, 0.3) is 5.91 Å². The molecule has 2 aromatic carbocycles. The summed E-state index contributed by atoms with van der Waals surface area (Å²) in [4.78, 5) is 29.0. The maximum Gasteiger partial charge on any atom is 0.413 e. The predicted molar refractivity (Wildman–Crippen MR) is 114 cm³/mol. The van der Waals surface area contributed by atoms with Crippen molar-refractivity contribution in [2.24, 2.45) is 0 Å². The van der Waals surface area contributed by atoms with E-state index in [0.29, 0.717) is 45.9 Å². The molecule has 0 aliphatic carbocycles. The van der Waals surface area contributed by atoms with E-state index in [2.05, 4.69) is 6.07 Å². The number of rotatable bonds is 2. The second-order valence-electron chi connectivity index (χ2n) is 8.11. The molecule has 0 N–H and O–H groups in total. The first-order valence-corrected chi connectivity index (χ1v) is 9.90. The average molecular weight is 417 g/mol. The van der Waals surface area contributed by atoms with E-state index in [4.69, 9.17) is 9.47 Å². The molecule has 2 aliphatic rings. The highest BCUT2D eigenvalue weighted by atomic mass is 16.5. The lowest BCUT2D eigenvalue weighted by molar-refractivity contribution is 0.0793. The maximum absolute atomic E-state index is 13.4. The van der Waals surface area contributed by atoms with Crippen LogP contribution in [-0.2, 0) is 11.3 Å². The first-order valence-electron chi connectivity index (χ1n) is 9.90. The number of nitriles is 1. The predicted octanol–water partition coefficient (Wildman–Crippen LogP) is 4.06. The SMILES string of the molecule is COC(=O)N(C)C1=C(N2Cc3ccccc3C2=O)c2c(ccc(C#N)c2C)OC1(C)C. The smallest absolute Gasteiger partial charge is 0.413 e. The summed E-state index contributed by atoms with van der Waals surface area (Å²) < 4.78 is 11.2. The normalized spacial score (nSPS) is 16.3. The molecule has 2 heterocycles. The molecule has 31 heavy (non-hydrogen) atoms. The molecule has 0 bridgehead atoms. The number of carbonyl (C=O) groups excluding carboxylic acids is 2. The first-order chi connectivity index (χ1) is 14.7. The number of benzene rings is 2. The highest BCUT2D eigenvalue weighted by Crippen LogP contribution is 2.47. The number of carbonyl (C=O) groups is 2. The average Bonchev–Trinajstić information content (AvgIpc) is 3.08. The molecular formula is C24H23N3O4. The minimum absolute atomic E-state index is 0.160. The quantitative estimate of drug-likeness (QED) is 0.736. The fourth-order valence-electron chi connectivity index (χ4n) is 4.40. The van der Waals surface area contributed by atoms with Crippen LogP contribution in [0.1, 0.15) is 46.5 Å². The van der Waals surface area contributed by atoms with Crippen molar-refractivity contribution in [3.05, 3.63) is 69.9 Å². The van der Waals surface area contributed by atoms with Crippen molar-refractivity contribution in [1.29, 1.82) is 5.26 Å². The zero-order chi connectivity index (χ0) is 22.5. The summed E-state index contributed by atoms with van der Waals surface area (Å²) in [5.41, 5.74) is 3.41. The van der Waals surface area contributed by atoms with Crippen LogP contribution < -0.4 is 4.74 Å². The molecule has 0 unspecified atom stereocenters. The Labute approximate surface area is 181 Å². The van der Waals surface area contributed by atoms with Gasteiger partial charge in [0, 0.05) is 18.2 Å². The Kier molecular flexibility index (Phi) is 4.74. The number of hydrogen-bond donors (Lipinski definition) is 0. The van der Waals surface area contributed by atoms with Crippen LogP contribution in [0.25, 0.3) is 5.70 Å². The Bertz CT molecular complexity index is 1190. The van der Waals surface area contributed by atoms with Crippen molar-refractivity contribution in [1.82, 2.24) is 9.80 Å². The Balaban J connectivity index is 2.05. The van der Waals surface area contributed by atoms with Gasteiger partial charge in [-0.25, -0.2) is 4.79 Å². The second kappa shape index (κ2) is 7.17. The standard InChI is InChI=1S/C24H23N3O4/c1-14-15(12-25)10-11-18-19(14)20(21(24(2,3)31-18)26(4)23(29)30-5)27-13-16-8-6-7-9-17(16)22(27)28/h6-11H,13H2,1-5H3. The third kappa shape index (κ3) is 3.03. The number of ether oxygens (including phenoxy) is 2. The number of fused-ring (bicyclic) bond motifs is 2. The fourth-order valence-corrected chi connectivity index (χ4v) is 4.40. The van der Waals surface area contributed by atoms with Gasteiger partial charge in [-0.3, -0.25) is 9.69 Å². The molecule has 2 aliphatic heterocycles. The van der Waals surface area contributed by atoms with Crippen molar-refractivity contribution >= 4 is 17.7 Å². The van der Waals surface area contributed by atoms with Crippen LogP contribution in [0, 0.1) is 18.3 Å². The molecule has 7 heteroatoms. The minimum atomic E-state index is -0.944. The lowest BCUT2D eigenvalue weighted by Gasteiger charge is -2.42. The van der Waals surface area contributed by atoms with E-state index >= 15 is 0 Å². The van der Waals surface area contributed by atoms with Gasteiger partial charge in [-0.15, -0.1) is 0 Å². The number of likely N-dealkylation sites (N-methyl/N-ethyl adjacent to an activating group) is 1. The maximum atomic E-state index is 13.4. The Hall–Kier alpha value is -3.79. The van der Waals surface area contributed by atoms with Crippen molar-refractivity contribution < 1.29 is 19.1 Å². The minimum Gasteiger partial charge on any atom is -0.481 e. The lowest BCUT2D eigenvalue weighted by atomic mass is 9.89. The molecule has 7 nitrogen and oxygen atoms in total. The molecule has 4 rings (SSSR count). The zero-order valence-electron chi connectivity index (χ0n) is 18.1. The van der Waals surface area contributed by atoms with E-state index in [1.807, 2.05) is 39.0 Å². The Morgan fingerprint density at radius 2 is 1.97 bits per heavy atom. The lowest BCUT2D eigenvalue weighted by Crippen LogP contribution is -2.46. The molecule has 0 aromatic heterocycles. The number of hydrogen-bond acceptors (Lipinski definition) is 5. The summed E-state index contributed by atoms with van der Waals surface area (Å²) in [6.45, 7) is 5.86. The van der Waals surface area contributed by atoms with E-state index in [0.717, 1.165) is 5.56 Å². The second-order valence-corrected chi connectivity index (χ2v) is 8.11. The molecule has 0 fully saturated rings. The van der Waals surface area contributed by atoms with Gasteiger partial charge < -0.3 is 14.4 Å². The van der Waals surface area contributed by atoms with Crippen LogP contribution in [0.5, 0.6) is 5.75 Å². The monoisotopic (exact) mass is 417 g/mol. The van der Waals surface area contributed by atoms with E-state index in [9.17, 15) is 14.9 Å². The molecular weight excluding hydrogens is 394 g/mol. The molecule has 158 valence electrons. The van der Waals surface area contributed by atoms with Gasteiger partial charge in [-0.05, 0) is 50.1 Å². The molecule has 2 aromatic rings. The summed E-state index contributed by atoms with van der Waals surface area (Å²) in [7, 11) is 2.90. The fraction of sp³-hybridized carbons (Fsp3) is 0.292. The summed E-state index contributed by atoms with van der Waals surface area (Å²) in [5.74, 6) is 0.397. The van der Waals surface area contributed by atoms with Crippen molar-refractivity contribution in [2.45, 2.75) is 32.9 Å². The van der Waals surface area contributed by atoms with Gasteiger partial charge in [0.05, 0.1) is 36.7 Å². The Morgan fingerprint density at radius 3 is 2.61 bits per heavy atom. The molecule has 0 spiro atoms.